The molecule has 1 aliphatic rings. The van der Waals surface area contributed by atoms with Gasteiger partial charge in [-0.25, -0.2) is 4.79 Å². The van der Waals surface area contributed by atoms with Crippen LogP contribution in [0.4, 0.5) is 10.5 Å². The lowest BCUT2D eigenvalue weighted by atomic mass is 10.1. The number of ether oxygens (including phenoxy) is 1. The number of rotatable bonds is 3. The van der Waals surface area contributed by atoms with E-state index in [0.29, 0.717) is 13.0 Å². The first-order valence-electron chi connectivity index (χ1n) is 5.53. The average molecular weight is 234 g/mol. The second kappa shape index (κ2) is 4.86. The third-order valence-electron chi connectivity index (χ3n) is 2.57. The smallest absolute Gasteiger partial charge is 0.407 e. The van der Waals surface area contributed by atoms with Crippen LogP contribution in [0.2, 0.25) is 0 Å². The number of amides is 2. The summed E-state index contributed by atoms with van der Waals surface area (Å²) in [7, 11) is 0. The Morgan fingerprint density at radius 2 is 2.18 bits per heavy atom. The van der Waals surface area contributed by atoms with Gasteiger partial charge >= 0.3 is 6.09 Å². The van der Waals surface area contributed by atoms with Gasteiger partial charge < -0.3 is 15.4 Å². The van der Waals surface area contributed by atoms with Gasteiger partial charge in [-0.05, 0) is 17.7 Å². The van der Waals surface area contributed by atoms with Crippen molar-refractivity contribution in [1.29, 1.82) is 0 Å². The molecular weight excluding hydrogens is 220 g/mol. The van der Waals surface area contributed by atoms with Crippen molar-refractivity contribution in [2.75, 3.05) is 11.9 Å². The largest absolute Gasteiger partial charge is 0.439 e. The number of cyclic esters (lactones) is 1. The number of anilines is 1. The Kier molecular flexibility index (Phi) is 3.27. The van der Waals surface area contributed by atoms with E-state index in [2.05, 4.69) is 10.6 Å². The molecule has 1 unspecified atom stereocenters. The quantitative estimate of drug-likeness (QED) is 0.838. The Hall–Kier alpha value is -2.04. The van der Waals surface area contributed by atoms with Crippen LogP contribution in [0, 0.1) is 0 Å². The van der Waals surface area contributed by atoms with Gasteiger partial charge in [0.15, 0.2) is 0 Å². The van der Waals surface area contributed by atoms with Crippen molar-refractivity contribution in [3.8, 4) is 0 Å². The van der Waals surface area contributed by atoms with Gasteiger partial charge in [0.05, 0.1) is 6.54 Å². The zero-order chi connectivity index (χ0) is 12.3. The Morgan fingerprint density at radius 3 is 2.71 bits per heavy atom. The highest BCUT2D eigenvalue weighted by atomic mass is 16.6. The van der Waals surface area contributed by atoms with Crippen molar-refractivity contribution in [1.82, 2.24) is 5.32 Å². The molecule has 5 nitrogen and oxygen atoms in total. The maximum Gasteiger partial charge on any atom is 0.407 e. The van der Waals surface area contributed by atoms with Crippen LogP contribution < -0.4 is 10.6 Å². The molecule has 2 rings (SSSR count). The molecular formula is C12H14N2O3. The first-order chi connectivity index (χ1) is 8.19. The van der Waals surface area contributed by atoms with E-state index in [1.54, 1.807) is 19.1 Å². The standard InChI is InChI=1S/C12H14N2O3/c1-2-11(15)14-9-5-3-8(4-6-9)10-7-13-12(16)17-10/h3-6,10H,2,7H2,1H3,(H,13,16)(H,14,15). The minimum absolute atomic E-state index is 0.0216. The SMILES string of the molecule is CCC(=O)Nc1ccc(C2CNC(=O)O2)cc1. The molecule has 90 valence electrons. The van der Waals surface area contributed by atoms with Gasteiger partial charge in [0.1, 0.15) is 6.10 Å². The van der Waals surface area contributed by atoms with Crippen molar-refractivity contribution in [3.05, 3.63) is 29.8 Å². The lowest BCUT2D eigenvalue weighted by molar-refractivity contribution is -0.115. The van der Waals surface area contributed by atoms with Crippen molar-refractivity contribution < 1.29 is 14.3 Å². The highest BCUT2D eigenvalue weighted by molar-refractivity contribution is 5.90. The third-order valence-corrected chi connectivity index (χ3v) is 2.57. The molecule has 1 aliphatic heterocycles. The fourth-order valence-corrected chi connectivity index (χ4v) is 1.60. The molecule has 0 spiro atoms. The molecule has 0 radical (unpaired) electrons. The molecule has 0 saturated carbocycles. The van der Waals surface area contributed by atoms with E-state index in [-0.39, 0.29) is 12.0 Å². The predicted octanol–water partition coefficient (Wildman–Crippen LogP) is 1.82. The van der Waals surface area contributed by atoms with Crippen LogP contribution in [-0.4, -0.2) is 18.5 Å². The number of hydrogen-bond donors (Lipinski definition) is 2. The van der Waals surface area contributed by atoms with Gasteiger partial charge in [0.25, 0.3) is 0 Å². The molecule has 17 heavy (non-hydrogen) atoms. The maximum absolute atomic E-state index is 11.2. The van der Waals surface area contributed by atoms with Crippen LogP contribution in [0.3, 0.4) is 0 Å². The van der Waals surface area contributed by atoms with Crippen molar-refractivity contribution in [3.63, 3.8) is 0 Å². The Labute approximate surface area is 99.2 Å². The second-order valence-corrected chi connectivity index (χ2v) is 3.80. The normalized spacial score (nSPS) is 18.4. The molecule has 1 aromatic rings. The lowest BCUT2D eigenvalue weighted by Crippen LogP contribution is -2.12. The summed E-state index contributed by atoms with van der Waals surface area (Å²) >= 11 is 0. The minimum Gasteiger partial charge on any atom is -0.439 e. The summed E-state index contributed by atoms with van der Waals surface area (Å²) in [6.07, 6.45) is -0.178. The monoisotopic (exact) mass is 234 g/mol. The average Bonchev–Trinajstić information content (AvgIpc) is 2.77. The fourth-order valence-electron chi connectivity index (χ4n) is 1.60. The molecule has 1 aromatic carbocycles. The summed E-state index contributed by atoms with van der Waals surface area (Å²) in [4.78, 5) is 22.1. The van der Waals surface area contributed by atoms with Crippen LogP contribution in [0.5, 0.6) is 0 Å². The Bertz CT molecular complexity index is 428. The molecule has 1 heterocycles. The van der Waals surface area contributed by atoms with E-state index in [4.69, 9.17) is 4.74 Å². The van der Waals surface area contributed by atoms with Gasteiger partial charge in [-0.15, -0.1) is 0 Å². The molecule has 1 atom stereocenters. The zero-order valence-corrected chi connectivity index (χ0v) is 9.53. The summed E-state index contributed by atoms with van der Waals surface area (Å²) in [5.74, 6) is -0.0216. The van der Waals surface area contributed by atoms with Crippen LogP contribution in [-0.2, 0) is 9.53 Å². The van der Waals surface area contributed by atoms with E-state index < -0.39 is 6.09 Å². The van der Waals surface area contributed by atoms with Gasteiger partial charge in [0.2, 0.25) is 5.91 Å². The molecule has 0 aromatic heterocycles. The van der Waals surface area contributed by atoms with Gasteiger partial charge in [-0.3, -0.25) is 4.79 Å². The van der Waals surface area contributed by atoms with Gasteiger partial charge in [0, 0.05) is 12.1 Å². The van der Waals surface area contributed by atoms with Gasteiger partial charge in [-0.2, -0.15) is 0 Å². The number of hydrogen-bond acceptors (Lipinski definition) is 3. The maximum atomic E-state index is 11.2. The van der Waals surface area contributed by atoms with Gasteiger partial charge in [-0.1, -0.05) is 19.1 Å². The highest BCUT2D eigenvalue weighted by Crippen LogP contribution is 2.22. The Balaban J connectivity index is 2.02. The van der Waals surface area contributed by atoms with Crippen molar-refractivity contribution >= 4 is 17.7 Å². The number of benzene rings is 1. The van der Waals surface area contributed by atoms with Crippen LogP contribution in [0.25, 0.3) is 0 Å². The van der Waals surface area contributed by atoms with E-state index in [0.717, 1.165) is 11.3 Å². The van der Waals surface area contributed by atoms with Crippen LogP contribution in [0.1, 0.15) is 25.0 Å². The summed E-state index contributed by atoms with van der Waals surface area (Å²) in [5.41, 5.74) is 1.66. The molecule has 2 amide bonds. The molecule has 0 bridgehead atoms. The summed E-state index contributed by atoms with van der Waals surface area (Å²) in [5, 5.41) is 5.35. The molecule has 0 aliphatic carbocycles. The first kappa shape index (κ1) is 11.4. The van der Waals surface area contributed by atoms with Crippen molar-refractivity contribution in [2.45, 2.75) is 19.4 Å². The topological polar surface area (TPSA) is 67.4 Å². The minimum atomic E-state index is -0.390. The van der Waals surface area contributed by atoms with Crippen molar-refractivity contribution in [2.24, 2.45) is 0 Å². The number of nitrogens with one attached hydrogen (secondary N) is 2. The molecule has 1 fully saturated rings. The Morgan fingerprint density at radius 1 is 1.47 bits per heavy atom. The van der Waals surface area contributed by atoms with E-state index >= 15 is 0 Å². The van der Waals surface area contributed by atoms with E-state index in [9.17, 15) is 9.59 Å². The van der Waals surface area contributed by atoms with E-state index in [1.807, 2.05) is 12.1 Å². The fraction of sp³-hybridized carbons (Fsp3) is 0.333. The molecule has 2 N–H and O–H groups in total. The predicted molar refractivity (Wildman–Crippen MR) is 62.6 cm³/mol. The second-order valence-electron chi connectivity index (χ2n) is 3.80. The van der Waals surface area contributed by atoms with E-state index in [1.165, 1.54) is 0 Å². The summed E-state index contributed by atoms with van der Waals surface area (Å²) in [6.45, 7) is 2.28. The number of alkyl carbamates (subject to hydrolysis) is 1. The third kappa shape index (κ3) is 2.75. The highest BCUT2D eigenvalue weighted by Gasteiger charge is 2.23. The number of carbonyl (C=O) groups is 2. The zero-order valence-electron chi connectivity index (χ0n) is 9.53. The first-order valence-corrected chi connectivity index (χ1v) is 5.53. The molecule has 1 saturated heterocycles. The van der Waals surface area contributed by atoms with Crippen LogP contribution >= 0.6 is 0 Å². The molecule has 5 heteroatoms. The lowest BCUT2D eigenvalue weighted by Gasteiger charge is -2.09. The number of carbonyl (C=O) groups excluding carboxylic acids is 2. The van der Waals surface area contributed by atoms with Crippen LogP contribution in [0.15, 0.2) is 24.3 Å². The summed E-state index contributed by atoms with van der Waals surface area (Å²) < 4.78 is 5.05. The summed E-state index contributed by atoms with van der Waals surface area (Å²) in [6, 6.07) is 7.29.